The summed E-state index contributed by atoms with van der Waals surface area (Å²) >= 11 is 6.14. The maximum atomic E-state index is 12.9. The highest BCUT2D eigenvalue weighted by atomic mass is 35.5. The highest BCUT2D eigenvalue weighted by Gasteiger charge is 2.21. The molecule has 1 amide bonds. The van der Waals surface area contributed by atoms with Gasteiger partial charge in [0.15, 0.2) is 0 Å². The predicted molar refractivity (Wildman–Crippen MR) is 127 cm³/mol. The van der Waals surface area contributed by atoms with Crippen LogP contribution in [0.5, 0.6) is 5.75 Å². The lowest BCUT2D eigenvalue weighted by Gasteiger charge is -2.13. The van der Waals surface area contributed by atoms with Crippen molar-refractivity contribution in [2.75, 3.05) is 30.2 Å². The molecular weight excluding hydrogens is 450 g/mol. The average molecular weight is 474 g/mol. The fourth-order valence-corrected chi connectivity index (χ4v) is 4.56. The number of halogens is 1. The van der Waals surface area contributed by atoms with E-state index in [0.717, 1.165) is 5.69 Å². The van der Waals surface area contributed by atoms with E-state index in [0.29, 0.717) is 25.3 Å². The number of methoxy groups -OCH3 is 1. The van der Waals surface area contributed by atoms with Gasteiger partial charge >= 0.3 is 0 Å². The molecule has 0 aromatic heterocycles. The summed E-state index contributed by atoms with van der Waals surface area (Å²) in [6.07, 6.45) is 0.703. The van der Waals surface area contributed by atoms with Crippen LogP contribution in [0, 0.1) is 0 Å². The van der Waals surface area contributed by atoms with Gasteiger partial charge < -0.3 is 15.4 Å². The van der Waals surface area contributed by atoms with Crippen molar-refractivity contribution < 1.29 is 17.9 Å². The van der Waals surface area contributed by atoms with Crippen molar-refractivity contribution in [2.45, 2.75) is 11.3 Å². The third-order valence-electron chi connectivity index (χ3n) is 4.58. The van der Waals surface area contributed by atoms with Crippen LogP contribution in [-0.2, 0) is 10.0 Å². The van der Waals surface area contributed by atoms with Crippen molar-refractivity contribution in [2.24, 2.45) is 0 Å². The van der Waals surface area contributed by atoms with E-state index in [-0.39, 0.29) is 27.1 Å². The van der Waals surface area contributed by atoms with Gasteiger partial charge in [-0.2, -0.15) is 0 Å². The predicted octanol–water partition coefficient (Wildman–Crippen LogP) is 4.38. The van der Waals surface area contributed by atoms with Crippen LogP contribution in [0.4, 0.5) is 11.4 Å². The molecular formula is C23H24ClN3O4S. The van der Waals surface area contributed by atoms with E-state index >= 15 is 0 Å². The third-order valence-corrected chi connectivity index (χ3v) is 6.42. The molecule has 0 saturated heterocycles. The normalized spacial score (nSPS) is 10.9. The highest BCUT2D eigenvalue weighted by Crippen LogP contribution is 2.29. The second-order valence-electron chi connectivity index (χ2n) is 6.85. The van der Waals surface area contributed by atoms with Gasteiger partial charge in [-0.05, 0) is 48.9 Å². The number of para-hydroxylation sites is 3. The number of sulfonamides is 1. The molecule has 3 rings (SSSR count). The maximum Gasteiger partial charge on any atom is 0.263 e. The van der Waals surface area contributed by atoms with Gasteiger partial charge in [0.1, 0.15) is 10.6 Å². The minimum atomic E-state index is -4.04. The Bertz CT molecular complexity index is 1170. The van der Waals surface area contributed by atoms with Crippen LogP contribution in [-0.4, -0.2) is 34.5 Å². The largest absolute Gasteiger partial charge is 0.495 e. The first-order valence-corrected chi connectivity index (χ1v) is 11.8. The molecule has 3 aromatic carbocycles. The molecule has 32 heavy (non-hydrogen) atoms. The minimum Gasteiger partial charge on any atom is -0.495 e. The van der Waals surface area contributed by atoms with E-state index in [1.165, 1.54) is 25.3 Å². The Kier molecular flexibility index (Phi) is 7.97. The molecule has 0 spiro atoms. The first-order valence-electron chi connectivity index (χ1n) is 9.93. The maximum absolute atomic E-state index is 12.9. The molecule has 0 unspecified atom stereocenters. The summed E-state index contributed by atoms with van der Waals surface area (Å²) in [4.78, 5) is 12.3. The Hall–Kier alpha value is -3.23. The van der Waals surface area contributed by atoms with Crippen molar-refractivity contribution in [3.05, 3.63) is 83.4 Å². The molecule has 0 radical (unpaired) electrons. The molecule has 0 aliphatic rings. The number of amides is 1. The molecule has 0 heterocycles. The minimum absolute atomic E-state index is 0.0102. The quantitative estimate of drug-likeness (QED) is 0.380. The molecule has 0 aliphatic carbocycles. The second kappa shape index (κ2) is 10.9. The lowest BCUT2D eigenvalue weighted by molar-refractivity contribution is 0.0953. The first-order chi connectivity index (χ1) is 15.4. The van der Waals surface area contributed by atoms with Gasteiger partial charge in [0.25, 0.3) is 15.9 Å². The van der Waals surface area contributed by atoms with Crippen molar-refractivity contribution in [1.82, 2.24) is 5.32 Å². The van der Waals surface area contributed by atoms with Gasteiger partial charge in [0.2, 0.25) is 0 Å². The summed E-state index contributed by atoms with van der Waals surface area (Å²) in [5.74, 6) is -0.0136. The van der Waals surface area contributed by atoms with E-state index < -0.39 is 10.0 Å². The summed E-state index contributed by atoms with van der Waals surface area (Å²) in [5, 5.41) is 6.06. The van der Waals surface area contributed by atoms with Crippen LogP contribution in [0.15, 0.2) is 77.7 Å². The lowest BCUT2D eigenvalue weighted by Crippen LogP contribution is -2.26. The number of nitrogens with one attached hydrogen (secondary N) is 3. The molecule has 0 aliphatic heterocycles. The molecule has 0 saturated carbocycles. The lowest BCUT2D eigenvalue weighted by atomic mass is 10.2. The number of ether oxygens (including phenoxy) is 1. The smallest absolute Gasteiger partial charge is 0.263 e. The average Bonchev–Trinajstić information content (AvgIpc) is 2.79. The standard InChI is InChI=1S/C23H24ClN3O4S/c1-31-21-11-6-5-10-20(21)27-32(29,30)22-16-17(12-13-19(22)24)23(28)26-15-7-14-25-18-8-3-2-4-9-18/h2-6,8-13,16,25,27H,7,14-15H2,1H3,(H,26,28). The van der Waals surface area contributed by atoms with Gasteiger partial charge in [0.05, 0.1) is 17.8 Å². The number of carbonyl (C=O) groups is 1. The van der Waals surface area contributed by atoms with Gasteiger partial charge in [0, 0.05) is 24.3 Å². The monoisotopic (exact) mass is 473 g/mol. The number of hydrogen-bond donors (Lipinski definition) is 3. The van der Waals surface area contributed by atoms with E-state index in [4.69, 9.17) is 16.3 Å². The van der Waals surface area contributed by atoms with Gasteiger partial charge in [-0.3, -0.25) is 9.52 Å². The zero-order chi connectivity index (χ0) is 23.0. The Labute approximate surface area is 192 Å². The van der Waals surface area contributed by atoms with Crippen LogP contribution >= 0.6 is 11.6 Å². The fraction of sp³-hybridized carbons (Fsp3) is 0.174. The summed E-state index contributed by atoms with van der Waals surface area (Å²) in [5.41, 5.74) is 1.48. The molecule has 9 heteroatoms. The van der Waals surface area contributed by atoms with Crippen LogP contribution in [0.25, 0.3) is 0 Å². The number of carbonyl (C=O) groups excluding carboxylic acids is 1. The zero-order valence-corrected chi connectivity index (χ0v) is 19.0. The molecule has 7 nitrogen and oxygen atoms in total. The molecule has 168 valence electrons. The number of rotatable bonds is 10. The molecule has 0 bridgehead atoms. The Morgan fingerprint density at radius 3 is 2.44 bits per heavy atom. The van der Waals surface area contributed by atoms with Gasteiger partial charge in [-0.1, -0.05) is 41.9 Å². The summed E-state index contributed by atoms with van der Waals surface area (Å²) in [6, 6.07) is 20.5. The second-order valence-corrected chi connectivity index (χ2v) is 8.91. The van der Waals surface area contributed by atoms with Crippen LogP contribution in [0.1, 0.15) is 16.8 Å². The number of hydrogen-bond acceptors (Lipinski definition) is 5. The van der Waals surface area contributed by atoms with Crippen LogP contribution in [0.2, 0.25) is 5.02 Å². The topological polar surface area (TPSA) is 96.5 Å². The third kappa shape index (κ3) is 6.15. The summed E-state index contributed by atoms with van der Waals surface area (Å²) in [6.45, 7) is 1.12. The molecule has 3 N–H and O–H groups in total. The summed E-state index contributed by atoms with van der Waals surface area (Å²) < 4.78 is 33.5. The first kappa shape index (κ1) is 23.4. The highest BCUT2D eigenvalue weighted by molar-refractivity contribution is 7.92. The van der Waals surface area contributed by atoms with Crippen molar-refractivity contribution in [3.63, 3.8) is 0 Å². The van der Waals surface area contributed by atoms with E-state index in [1.807, 2.05) is 30.3 Å². The number of anilines is 2. The molecule has 0 atom stereocenters. The van der Waals surface area contributed by atoms with Gasteiger partial charge in [-0.25, -0.2) is 8.42 Å². The Morgan fingerprint density at radius 2 is 1.69 bits per heavy atom. The van der Waals surface area contributed by atoms with E-state index in [9.17, 15) is 13.2 Å². The van der Waals surface area contributed by atoms with E-state index in [2.05, 4.69) is 15.4 Å². The van der Waals surface area contributed by atoms with Crippen molar-refractivity contribution in [1.29, 1.82) is 0 Å². The van der Waals surface area contributed by atoms with Crippen LogP contribution < -0.4 is 20.1 Å². The van der Waals surface area contributed by atoms with E-state index in [1.54, 1.807) is 24.3 Å². The number of benzene rings is 3. The summed E-state index contributed by atoms with van der Waals surface area (Å²) in [7, 11) is -2.60. The zero-order valence-electron chi connectivity index (χ0n) is 17.5. The molecule has 0 fully saturated rings. The van der Waals surface area contributed by atoms with Crippen molar-refractivity contribution >= 4 is 38.9 Å². The SMILES string of the molecule is COc1ccccc1NS(=O)(=O)c1cc(C(=O)NCCCNc2ccccc2)ccc1Cl. The molecule has 3 aromatic rings. The fourth-order valence-electron chi connectivity index (χ4n) is 2.96. The van der Waals surface area contributed by atoms with Gasteiger partial charge in [-0.15, -0.1) is 0 Å². The van der Waals surface area contributed by atoms with Crippen molar-refractivity contribution in [3.8, 4) is 5.75 Å². The Balaban J connectivity index is 1.63. The Morgan fingerprint density at radius 1 is 0.969 bits per heavy atom. The van der Waals surface area contributed by atoms with Crippen LogP contribution in [0.3, 0.4) is 0 Å².